The Bertz CT molecular complexity index is 1540. The summed E-state index contributed by atoms with van der Waals surface area (Å²) in [7, 11) is 0. The van der Waals surface area contributed by atoms with E-state index in [9.17, 15) is 0 Å². The van der Waals surface area contributed by atoms with E-state index >= 15 is 0 Å². The Balaban J connectivity index is 1.57. The maximum absolute atomic E-state index is 3.77. The number of hydrogen-bond acceptors (Lipinski definition) is 3. The van der Waals surface area contributed by atoms with Gasteiger partial charge in [0.1, 0.15) is 0 Å². The molecule has 0 bridgehead atoms. The van der Waals surface area contributed by atoms with E-state index in [2.05, 4.69) is 103 Å². The number of anilines is 2. The molecule has 4 heteroatoms. The lowest BCUT2D eigenvalue weighted by Gasteiger charge is -2.20. The predicted octanol–water partition coefficient (Wildman–Crippen LogP) is 8.53. The van der Waals surface area contributed by atoms with E-state index in [0.717, 1.165) is 26.2 Å². The molecule has 0 unspecified atom stereocenters. The summed E-state index contributed by atoms with van der Waals surface area (Å²) >= 11 is 1.92. The number of nitrogens with one attached hydrogen (secondary N) is 1. The Hall–Kier alpha value is -3.24. The van der Waals surface area contributed by atoms with Crippen molar-refractivity contribution >= 4 is 75.5 Å². The fourth-order valence-electron chi connectivity index (χ4n) is 5.56. The molecular formula is C30H31N3S. The van der Waals surface area contributed by atoms with Crippen molar-refractivity contribution in [2.75, 3.05) is 36.0 Å². The summed E-state index contributed by atoms with van der Waals surface area (Å²) in [6.45, 7) is 13.0. The third kappa shape index (κ3) is 3.08. The highest BCUT2D eigenvalue weighted by atomic mass is 32.1. The quantitative estimate of drug-likeness (QED) is 0.266. The first kappa shape index (κ1) is 21.3. The summed E-state index contributed by atoms with van der Waals surface area (Å²) in [4.78, 5) is 8.59. The molecule has 0 radical (unpaired) electrons. The van der Waals surface area contributed by atoms with Crippen LogP contribution in [0.3, 0.4) is 0 Å². The lowest BCUT2D eigenvalue weighted by Crippen LogP contribution is -2.21. The lowest BCUT2D eigenvalue weighted by atomic mass is 10.0. The van der Waals surface area contributed by atoms with Crippen molar-refractivity contribution in [3.05, 3.63) is 60.7 Å². The summed E-state index contributed by atoms with van der Waals surface area (Å²) in [6.07, 6.45) is 0. The molecule has 0 aliphatic heterocycles. The van der Waals surface area contributed by atoms with Gasteiger partial charge in [0.2, 0.25) is 0 Å². The van der Waals surface area contributed by atoms with Gasteiger partial charge in [-0.3, -0.25) is 0 Å². The van der Waals surface area contributed by atoms with Crippen LogP contribution in [-0.2, 0) is 0 Å². The maximum atomic E-state index is 3.77. The number of hydrogen-bond donors (Lipinski definition) is 1. The number of nitrogens with zero attached hydrogens (tertiary/aromatic N) is 2. The molecule has 0 saturated heterocycles. The third-order valence-electron chi connectivity index (χ3n) is 7.43. The monoisotopic (exact) mass is 465 g/mol. The van der Waals surface area contributed by atoms with Crippen molar-refractivity contribution in [2.24, 2.45) is 0 Å². The normalized spacial score (nSPS) is 12.0. The van der Waals surface area contributed by atoms with E-state index in [4.69, 9.17) is 0 Å². The molecule has 0 spiro atoms. The maximum Gasteiger partial charge on any atom is 0.0545 e. The van der Waals surface area contributed by atoms with Gasteiger partial charge < -0.3 is 14.8 Å². The second kappa shape index (κ2) is 8.21. The van der Waals surface area contributed by atoms with Crippen molar-refractivity contribution in [3.63, 3.8) is 0 Å². The van der Waals surface area contributed by atoms with E-state index in [1.54, 1.807) is 0 Å². The zero-order valence-corrected chi connectivity index (χ0v) is 21.2. The molecule has 172 valence electrons. The van der Waals surface area contributed by atoms with Crippen LogP contribution in [-0.4, -0.2) is 31.2 Å². The zero-order chi connectivity index (χ0) is 23.4. The fraction of sp³-hybridized carbons (Fsp3) is 0.267. The van der Waals surface area contributed by atoms with Gasteiger partial charge in [0.05, 0.1) is 5.52 Å². The topological polar surface area (TPSA) is 22.3 Å². The number of rotatable bonds is 6. The van der Waals surface area contributed by atoms with Gasteiger partial charge in [0, 0.05) is 84.8 Å². The Morgan fingerprint density at radius 3 is 1.74 bits per heavy atom. The van der Waals surface area contributed by atoms with Gasteiger partial charge in [-0.25, -0.2) is 0 Å². The highest BCUT2D eigenvalue weighted by Crippen LogP contribution is 2.42. The van der Waals surface area contributed by atoms with E-state index in [1.807, 2.05) is 11.3 Å². The highest BCUT2D eigenvalue weighted by Gasteiger charge is 2.14. The van der Waals surface area contributed by atoms with Crippen molar-refractivity contribution in [1.29, 1.82) is 0 Å². The Kier molecular flexibility index (Phi) is 5.14. The molecule has 34 heavy (non-hydrogen) atoms. The molecule has 0 saturated carbocycles. The SMILES string of the molecule is CCN(CC)c1ccc2c(c1)[nH]c1c2ccc2c1ccc1c3ccc(N(CC)CC)cc3sc12. The molecule has 0 aliphatic carbocycles. The first-order chi connectivity index (χ1) is 16.7. The number of fused-ring (bicyclic) bond motifs is 9. The summed E-state index contributed by atoms with van der Waals surface area (Å²) in [6, 6.07) is 23.1. The number of aromatic nitrogens is 1. The lowest BCUT2D eigenvalue weighted by molar-refractivity contribution is 0.867. The summed E-state index contributed by atoms with van der Waals surface area (Å²) in [5.74, 6) is 0. The van der Waals surface area contributed by atoms with Crippen molar-refractivity contribution in [2.45, 2.75) is 27.7 Å². The van der Waals surface area contributed by atoms with Gasteiger partial charge >= 0.3 is 0 Å². The molecular weight excluding hydrogens is 434 g/mol. The van der Waals surface area contributed by atoms with Crippen LogP contribution < -0.4 is 9.80 Å². The molecule has 0 aliphatic rings. The Labute approximate surface area is 204 Å². The van der Waals surface area contributed by atoms with Gasteiger partial charge in [-0.2, -0.15) is 0 Å². The van der Waals surface area contributed by atoms with Gasteiger partial charge in [-0.15, -0.1) is 11.3 Å². The second-order valence-electron chi connectivity index (χ2n) is 9.01. The van der Waals surface area contributed by atoms with E-state index in [-0.39, 0.29) is 0 Å². The van der Waals surface area contributed by atoms with Crippen molar-refractivity contribution < 1.29 is 0 Å². The predicted molar refractivity (Wildman–Crippen MR) is 153 cm³/mol. The third-order valence-corrected chi connectivity index (χ3v) is 8.63. The summed E-state index contributed by atoms with van der Waals surface area (Å²) in [5, 5.41) is 7.97. The molecule has 0 fully saturated rings. The molecule has 0 atom stereocenters. The second-order valence-corrected chi connectivity index (χ2v) is 10.1. The molecule has 6 aromatic rings. The van der Waals surface area contributed by atoms with Gasteiger partial charge in [0.25, 0.3) is 0 Å². The van der Waals surface area contributed by atoms with Gasteiger partial charge in [-0.05, 0) is 52.0 Å². The Morgan fingerprint density at radius 1 is 0.588 bits per heavy atom. The van der Waals surface area contributed by atoms with Crippen LogP contribution in [0, 0.1) is 0 Å². The number of thiophene rings is 1. The van der Waals surface area contributed by atoms with Crippen LogP contribution in [0.4, 0.5) is 11.4 Å². The standard InChI is InChI=1S/C30H31N3S/c1-5-32(6-2)19-9-11-21-23-13-16-26-24(29(23)31-27(21)17-19)14-15-25-22-12-10-20(33(7-3)8-4)18-28(22)34-30(25)26/h9-18,31H,5-8H2,1-4H3. The largest absolute Gasteiger partial charge is 0.372 e. The smallest absolute Gasteiger partial charge is 0.0545 e. The molecule has 0 amide bonds. The molecule has 3 nitrogen and oxygen atoms in total. The van der Waals surface area contributed by atoms with Crippen molar-refractivity contribution in [3.8, 4) is 0 Å². The summed E-state index contributed by atoms with van der Waals surface area (Å²) < 4.78 is 2.75. The van der Waals surface area contributed by atoms with Gasteiger partial charge in [-0.1, -0.05) is 36.4 Å². The first-order valence-corrected chi connectivity index (χ1v) is 13.3. The molecule has 1 N–H and O–H groups in total. The van der Waals surface area contributed by atoms with E-state index in [0.29, 0.717) is 0 Å². The van der Waals surface area contributed by atoms with Crippen LogP contribution in [0.5, 0.6) is 0 Å². The summed E-state index contributed by atoms with van der Waals surface area (Å²) in [5.41, 5.74) is 5.05. The number of H-pyrrole nitrogens is 1. The van der Waals surface area contributed by atoms with Crippen molar-refractivity contribution in [1.82, 2.24) is 4.98 Å². The minimum absolute atomic E-state index is 1.02. The molecule has 2 aromatic heterocycles. The van der Waals surface area contributed by atoms with E-state index in [1.165, 1.54) is 64.1 Å². The fourth-order valence-corrected chi connectivity index (χ4v) is 6.83. The Morgan fingerprint density at radius 2 is 1.09 bits per heavy atom. The van der Waals surface area contributed by atoms with E-state index < -0.39 is 0 Å². The number of benzene rings is 4. The van der Waals surface area contributed by atoms with Crippen LogP contribution in [0.1, 0.15) is 27.7 Å². The minimum atomic E-state index is 1.02. The molecule has 2 heterocycles. The van der Waals surface area contributed by atoms with Crippen LogP contribution in [0.2, 0.25) is 0 Å². The van der Waals surface area contributed by atoms with Crippen LogP contribution >= 0.6 is 11.3 Å². The molecule has 4 aromatic carbocycles. The van der Waals surface area contributed by atoms with Gasteiger partial charge in [0.15, 0.2) is 0 Å². The highest BCUT2D eigenvalue weighted by molar-refractivity contribution is 7.26. The van der Waals surface area contributed by atoms with Crippen LogP contribution in [0.25, 0.3) is 52.8 Å². The average Bonchev–Trinajstić information content (AvgIpc) is 3.43. The first-order valence-electron chi connectivity index (χ1n) is 12.5. The zero-order valence-electron chi connectivity index (χ0n) is 20.4. The minimum Gasteiger partial charge on any atom is -0.372 e. The average molecular weight is 466 g/mol. The molecule has 6 rings (SSSR count). The number of aromatic amines is 1. The van der Waals surface area contributed by atoms with Crippen LogP contribution in [0.15, 0.2) is 60.7 Å².